The Bertz CT molecular complexity index is 2260. The summed E-state index contributed by atoms with van der Waals surface area (Å²) in [5.74, 6) is -2.10. The minimum atomic E-state index is -4.72. The Hall–Kier alpha value is -5.36. The molecule has 1 saturated carbocycles. The number of urea groups is 1. The van der Waals surface area contributed by atoms with Crippen molar-refractivity contribution in [1.82, 2.24) is 29.6 Å². The number of anilines is 2. The van der Waals surface area contributed by atoms with Crippen molar-refractivity contribution in [2.75, 3.05) is 10.6 Å². The highest BCUT2D eigenvalue weighted by Crippen LogP contribution is 2.31. The second-order valence-electron chi connectivity index (χ2n) is 14.4. The zero-order valence-electron chi connectivity index (χ0n) is 30.7. The van der Waals surface area contributed by atoms with E-state index in [0.717, 1.165) is 36.7 Å². The number of hydrogen-bond acceptors (Lipinski definition) is 9. The average molecular weight is 817 g/mol. The monoisotopic (exact) mass is 816 g/mol. The van der Waals surface area contributed by atoms with Crippen LogP contribution >= 0.6 is 11.6 Å². The summed E-state index contributed by atoms with van der Waals surface area (Å²) in [5.41, 5.74) is -1.94. The van der Waals surface area contributed by atoms with Crippen molar-refractivity contribution in [3.63, 3.8) is 0 Å². The van der Waals surface area contributed by atoms with Gasteiger partial charge in [0.25, 0.3) is 21.5 Å². The SMILES string of the molecule is CC(C)(C)NC(=O)Nc1nc(Cl)c(CCC2CCCCC2)n(CC(=O)Nc2cc(-c3cncnc3)ccc2C(=O)NS(=O)(=O)c2ccc(C(F)(F)F)cc2)c1=O. The summed E-state index contributed by atoms with van der Waals surface area (Å²) >= 11 is 6.63. The summed E-state index contributed by atoms with van der Waals surface area (Å²) in [5, 5.41) is 7.56. The van der Waals surface area contributed by atoms with Gasteiger partial charge in [0.2, 0.25) is 11.7 Å². The Kier molecular flexibility index (Phi) is 12.8. The van der Waals surface area contributed by atoms with Crippen LogP contribution in [0, 0.1) is 5.92 Å². The van der Waals surface area contributed by atoms with Crippen LogP contribution < -0.4 is 26.2 Å². The molecule has 4 N–H and O–H groups in total. The van der Waals surface area contributed by atoms with E-state index in [4.69, 9.17) is 11.6 Å². The summed E-state index contributed by atoms with van der Waals surface area (Å²) in [6.45, 7) is 4.56. The van der Waals surface area contributed by atoms with Gasteiger partial charge in [-0.1, -0.05) is 49.8 Å². The lowest BCUT2D eigenvalue weighted by Crippen LogP contribution is -2.44. The van der Waals surface area contributed by atoms with Crippen LogP contribution in [-0.2, 0) is 34.0 Å². The van der Waals surface area contributed by atoms with Crippen molar-refractivity contribution in [1.29, 1.82) is 0 Å². The van der Waals surface area contributed by atoms with Gasteiger partial charge in [0.1, 0.15) is 12.9 Å². The van der Waals surface area contributed by atoms with E-state index in [1.54, 1.807) is 20.8 Å². The van der Waals surface area contributed by atoms with Crippen LogP contribution in [0.2, 0.25) is 5.15 Å². The third kappa shape index (κ3) is 10.9. The highest BCUT2D eigenvalue weighted by Gasteiger charge is 2.31. The summed E-state index contributed by atoms with van der Waals surface area (Å²) in [6.07, 6.45) is 5.76. The van der Waals surface area contributed by atoms with Crippen LogP contribution in [0.4, 0.5) is 29.5 Å². The molecular formula is C37H40ClF3N8O6S. The largest absolute Gasteiger partial charge is 0.416 e. The van der Waals surface area contributed by atoms with Gasteiger partial charge < -0.3 is 10.6 Å². The van der Waals surface area contributed by atoms with Crippen molar-refractivity contribution in [3.05, 3.63) is 93.5 Å². The number of alkyl halides is 3. The van der Waals surface area contributed by atoms with Crippen molar-refractivity contribution >= 4 is 51.0 Å². The molecule has 1 aliphatic rings. The second kappa shape index (κ2) is 17.2. The van der Waals surface area contributed by atoms with E-state index in [0.29, 0.717) is 54.2 Å². The number of carbonyl (C=O) groups is 3. The molecule has 0 unspecified atom stereocenters. The number of nitrogens with one attached hydrogen (secondary N) is 4. The van der Waals surface area contributed by atoms with E-state index < -0.39 is 68.0 Å². The third-order valence-electron chi connectivity index (χ3n) is 8.91. The molecule has 0 saturated heterocycles. The van der Waals surface area contributed by atoms with Gasteiger partial charge >= 0.3 is 12.2 Å². The summed E-state index contributed by atoms with van der Waals surface area (Å²) in [4.78, 5) is 65.5. The van der Waals surface area contributed by atoms with Gasteiger partial charge in [-0.2, -0.15) is 13.2 Å². The van der Waals surface area contributed by atoms with Crippen LogP contribution in [-0.4, -0.2) is 51.3 Å². The zero-order valence-corrected chi connectivity index (χ0v) is 32.2. The first kappa shape index (κ1) is 41.8. The maximum Gasteiger partial charge on any atom is 0.416 e. The lowest BCUT2D eigenvalue weighted by molar-refractivity contribution is -0.137. The van der Waals surface area contributed by atoms with Crippen LogP contribution in [0.25, 0.3) is 11.1 Å². The molecule has 1 aliphatic carbocycles. The molecule has 2 heterocycles. The van der Waals surface area contributed by atoms with E-state index in [1.807, 2.05) is 4.72 Å². The number of rotatable bonds is 11. The number of carbonyl (C=O) groups excluding carboxylic acids is 3. The van der Waals surface area contributed by atoms with E-state index in [1.165, 1.54) is 36.9 Å². The minimum Gasteiger partial charge on any atom is -0.333 e. The molecule has 4 amide bonds. The van der Waals surface area contributed by atoms with Gasteiger partial charge in [0.15, 0.2) is 5.15 Å². The molecule has 5 rings (SSSR count). The van der Waals surface area contributed by atoms with Crippen molar-refractivity contribution in [3.8, 4) is 11.1 Å². The Labute approximate surface area is 325 Å². The number of halogens is 4. The smallest absolute Gasteiger partial charge is 0.333 e. The van der Waals surface area contributed by atoms with E-state index in [2.05, 4.69) is 30.9 Å². The molecule has 0 bridgehead atoms. The molecule has 0 aliphatic heterocycles. The third-order valence-corrected chi connectivity index (χ3v) is 10.6. The van der Waals surface area contributed by atoms with Crippen LogP contribution in [0.1, 0.15) is 80.9 Å². The maximum atomic E-state index is 13.9. The van der Waals surface area contributed by atoms with Gasteiger partial charge in [0.05, 0.1) is 27.4 Å². The molecule has 4 aromatic rings. The quantitative estimate of drug-likeness (QED) is 0.130. The number of amides is 4. The molecule has 1 fully saturated rings. The molecular weight excluding hydrogens is 777 g/mol. The molecule has 56 heavy (non-hydrogen) atoms. The number of nitrogens with zero attached hydrogens (tertiary/aromatic N) is 4. The summed E-state index contributed by atoms with van der Waals surface area (Å²) in [6, 6.07) is 5.87. The Balaban J connectivity index is 1.48. The lowest BCUT2D eigenvalue weighted by atomic mass is 9.86. The molecule has 0 radical (unpaired) electrons. The Morgan fingerprint density at radius 1 is 0.929 bits per heavy atom. The first-order valence-corrected chi connectivity index (χ1v) is 19.5. The number of sulfonamides is 1. The Morgan fingerprint density at radius 3 is 2.21 bits per heavy atom. The summed E-state index contributed by atoms with van der Waals surface area (Å²) < 4.78 is 68.4. The topological polar surface area (TPSA) is 194 Å². The molecule has 19 heteroatoms. The fourth-order valence-electron chi connectivity index (χ4n) is 6.22. The van der Waals surface area contributed by atoms with E-state index in [-0.39, 0.29) is 22.1 Å². The minimum absolute atomic E-state index is 0.0983. The standard InChI is InChI=1S/C37H40ClF3N8O6S/c1-36(2,3)47-35(53)46-32-34(52)49(29(31(38)45-32)16-9-22-7-5-4-6-8-22)20-30(50)44-28-17-23(24-18-42-21-43-19-24)10-15-27(28)33(51)48-56(54,55)26-13-11-25(12-14-26)37(39,40)41/h10-15,17-19,21-22H,4-9,16,20H2,1-3H3,(H,44,50)(H,48,51)(H2,45,46,47,53). The zero-order chi connectivity index (χ0) is 40.8. The average Bonchev–Trinajstić information content (AvgIpc) is 3.13. The maximum absolute atomic E-state index is 13.9. The molecule has 0 spiro atoms. The molecule has 2 aromatic carbocycles. The van der Waals surface area contributed by atoms with Gasteiger partial charge in [-0.05, 0) is 81.5 Å². The number of benzene rings is 2. The van der Waals surface area contributed by atoms with Crippen LogP contribution in [0.15, 0.2) is 70.9 Å². The van der Waals surface area contributed by atoms with Gasteiger partial charge in [-0.15, -0.1) is 0 Å². The van der Waals surface area contributed by atoms with Gasteiger partial charge in [-0.3, -0.25) is 24.3 Å². The normalized spacial score (nSPS) is 13.8. The summed E-state index contributed by atoms with van der Waals surface area (Å²) in [7, 11) is -4.69. The fourth-order valence-corrected chi connectivity index (χ4v) is 7.47. The molecule has 0 atom stereocenters. The van der Waals surface area contributed by atoms with Crippen LogP contribution in [0.5, 0.6) is 0 Å². The van der Waals surface area contributed by atoms with Crippen LogP contribution in [0.3, 0.4) is 0 Å². The fraction of sp³-hybridized carbons (Fsp3) is 0.378. The first-order valence-electron chi connectivity index (χ1n) is 17.6. The van der Waals surface area contributed by atoms with Crippen molar-refractivity contribution in [2.45, 2.75) is 88.9 Å². The van der Waals surface area contributed by atoms with Crippen molar-refractivity contribution < 1.29 is 36.0 Å². The highest BCUT2D eigenvalue weighted by molar-refractivity contribution is 7.90. The lowest BCUT2D eigenvalue weighted by Gasteiger charge is -2.23. The highest BCUT2D eigenvalue weighted by atomic mass is 35.5. The molecule has 298 valence electrons. The van der Waals surface area contributed by atoms with Crippen molar-refractivity contribution in [2.24, 2.45) is 5.92 Å². The molecule has 14 nitrogen and oxygen atoms in total. The number of hydrogen-bond donors (Lipinski definition) is 4. The predicted molar refractivity (Wildman–Crippen MR) is 203 cm³/mol. The second-order valence-corrected chi connectivity index (χ2v) is 16.4. The first-order chi connectivity index (χ1) is 26.3. The molecule has 2 aromatic heterocycles. The number of aromatic nitrogens is 4. The Morgan fingerprint density at radius 2 is 1.59 bits per heavy atom. The van der Waals surface area contributed by atoms with Gasteiger partial charge in [-0.25, -0.2) is 32.9 Å². The van der Waals surface area contributed by atoms with E-state index >= 15 is 0 Å². The van der Waals surface area contributed by atoms with E-state index in [9.17, 15) is 40.8 Å². The predicted octanol–water partition coefficient (Wildman–Crippen LogP) is 6.56. The van der Waals surface area contributed by atoms with Gasteiger partial charge in [0, 0.05) is 23.5 Å².